The molecule has 2 N–H and O–H groups in total. The molecule has 0 radical (unpaired) electrons. The van der Waals surface area contributed by atoms with E-state index in [2.05, 4.69) is 53.9 Å². The number of hydrogen-bond donors (Lipinski definition) is 2. The number of aliphatic carboxylic acids is 1. The van der Waals surface area contributed by atoms with Gasteiger partial charge in [-0.1, -0.05) is 83.3 Å². The molecule has 0 amide bonds. The molecule has 0 saturated heterocycles. The molecule has 1 aromatic carbocycles. The predicted molar refractivity (Wildman–Crippen MR) is 179 cm³/mol. The summed E-state index contributed by atoms with van der Waals surface area (Å²) in [5.41, 5.74) is 5.29. The minimum Gasteiger partial charge on any atom is -0.481 e. The molecule has 0 heterocycles. The number of carboxylic acid groups (broad SMARTS) is 1. The number of fused-ring (bicyclic) bond motifs is 7. The Hall–Kier alpha value is -0.970. The van der Waals surface area contributed by atoms with Gasteiger partial charge in [-0.25, -0.2) is 0 Å². The second-order valence-electron chi connectivity index (χ2n) is 16.7. The minimum absolute atomic E-state index is 0.0433. The molecule has 5 aliphatic carbocycles. The lowest BCUT2D eigenvalue weighted by atomic mass is 9.32. The molecule has 0 spiro atoms. The summed E-state index contributed by atoms with van der Waals surface area (Å²) in [7, 11) is 0. The lowest BCUT2D eigenvalue weighted by molar-refractivity contribution is -0.232. The summed E-state index contributed by atoms with van der Waals surface area (Å²) in [4.78, 5) is 13.0. The number of anilines is 1. The fourth-order valence-electron chi connectivity index (χ4n) is 12.5. The number of benzene rings is 1. The Bertz CT molecular complexity index is 1320. The molecule has 5 saturated carbocycles. The van der Waals surface area contributed by atoms with Gasteiger partial charge in [0.2, 0.25) is 0 Å². The standard InChI is InChI=1S/C36H51Cl3N2O2/c1-20(2)22-10-15-36(31(42)43)17-16-34(6)23(29(22)36)8-9-27-33(5)13-12-28(32(3,4)26(33)11-14-35(27,34)7)41-40-21-18-24(37)30(39)25(38)19-21/h18-20,22-23,26-27,29,40H,8-17H2,1-7H3,(H,42,43)/b41-28+/t22-,23?,26-,27+,29+,33-,34+,35+,36?/m0/s1. The van der Waals surface area contributed by atoms with E-state index in [0.29, 0.717) is 50.6 Å². The van der Waals surface area contributed by atoms with Crippen molar-refractivity contribution in [3.8, 4) is 0 Å². The summed E-state index contributed by atoms with van der Waals surface area (Å²) in [5.74, 6) is 2.55. The van der Waals surface area contributed by atoms with Crippen molar-refractivity contribution in [1.82, 2.24) is 0 Å². The van der Waals surface area contributed by atoms with E-state index >= 15 is 0 Å². The van der Waals surface area contributed by atoms with Crippen molar-refractivity contribution in [2.45, 2.75) is 113 Å². The molecule has 7 heteroatoms. The van der Waals surface area contributed by atoms with Crippen molar-refractivity contribution in [1.29, 1.82) is 0 Å². The number of carboxylic acids is 1. The van der Waals surface area contributed by atoms with Gasteiger partial charge >= 0.3 is 5.97 Å². The Balaban J connectivity index is 1.30. The van der Waals surface area contributed by atoms with E-state index in [1.54, 1.807) is 12.1 Å². The number of hydrazone groups is 1. The summed E-state index contributed by atoms with van der Waals surface area (Å²) in [6.45, 7) is 17.3. The number of nitrogens with one attached hydrogen (secondary N) is 1. The first-order valence-corrected chi connectivity index (χ1v) is 17.9. The predicted octanol–water partition coefficient (Wildman–Crippen LogP) is 11.2. The maximum atomic E-state index is 13.0. The average Bonchev–Trinajstić information content (AvgIpc) is 3.33. The van der Waals surface area contributed by atoms with Gasteiger partial charge < -0.3 is 5.11 Å². The van der Waals surface area contributed by atoms with Crippen LogP contribution < -0.4 is 5.43 Å². The molecule has 1 aromatic rings. The van der Waals surface area contributed by atoms with Crippen molar-refractivity contribution in [3.05, 3.63) is 27.2 Å². The van der Waals surface area contributed by atoms with Crippen LogP contribution in [-0.2, 0) is 4.79 Å². The maximum absolute atomic E-state index is 13.0. The zero-order valence-electron chi connectivity index (χ0n) is 27.1. The average molecular weight is 650 g/mol. The Kier molecular flexibility index (Phi) is 7.83. The Morgan fingerprint density at radius 1 is 0.884 bits per heavy atom. The minimum atomic E-state index is -0.511. The van der Waals surface area contributed by atoms with Crippen molar-refractivity contribution >= 4 is 52.2 Å². The van der Waals surface area contributed by atoms with Gasteiger partial charge in [-0.05, 0) is 128 Å². The molecule has 0 bridgehead atoms. The maximum Gasteiger partial charge on any atom is 0.309 e. The fourth-order valence-corrected chi connectivity index (χ4v) is 13.1. The molecular weight excluding hydrogens is 599 g/mol. The Morgan fingerprint density at radius 2 is 1.56 bits per heavy atom. The zero-order chi connectivity index (χ0) is 31.3. The van der Waals surface area contributed by atoms with Gasteiger partial charge in [-0.15, -0.1) is 0 Å². The number of carbonyl (C=O) groups is 1. The van der Waals surface area contributed by atoms with Gasteiger partial charge in [0.25, 0.3) is 0 Å². The molecule has 0 aromatic heterocycles. The first kappa shape index (κ1) is 32.0. The van der Waals surface area contributed by atoms with Crippen LogP contribution in [0.3, 0.4) is 0 Å². The van der Waals surface area contributed by atoms with Crippen molar-refractivity contribution < 1.29 is 9.90 Å². The Morgan fingerprint density at radius 3 is 2.19 bits per heavy atom. The van der Waals surface area contributed by atoms with Gasteiger partial charge in [-0.2, -0.15) is 5.10 Å². The topological polar surface area (TPSA) is 61.7 Å². The zero-order valence-corrected chi connectivity index (χ0v) is 29.4. The summed E-state index contributed by atoms with van der Waals surface area (Å²) in [6.07, 6.45) is 10.8. The van der Waals surface area contributed by atoms with Crippen molar-refractivity contribution in [2.75, 3.05) is 5.43 Å². The molecule has 5 fully saturated rings. The van der Waals surface area contributed by atoms with Crippen LogP contribution in [0.25, 0.3) is 0 Å². The summed E-state index contributed by atoms with van der Waals surface area (Å²) in [5, 5.41) is 16.8. The number of nitrogens with zero attached hydrogens (tertiary/aromatic N) is 1. The summed E-state index contributed by atoms with van der Waals surface area (Å²) >= 11 is 18.7. The fraction of sp³-hybridized carbons (Fsp3) is 0.778. The van der Waals surface area contributed by atoms with Crippen LogP contribution in [0, 0.1) is 62.6 Å². The Labute approximate surface area is 274 Å². The van der Waals surface area contributed by atoms with Crippen LogP contribution in [0.15, 0.2) is 17.2 Å². The highest BCUT2D eigenvalue weighted by atomic mass is 35.5. The van der Waals surface area contributed by atoms with E-state index in [9.17, 15) is 9.90 Å². The van der Waals surface area contributed by atoms with Gasteiger partial charge in [0.1, 0.15) is 0 Å². The molecule has 43 heavy (non-hydrogen) atoms. The van der Waals surface area contributed by atoms with E-state index in [-0.39, 0.29) is 21.7 Å². The third kappa shape index (κ3) is 4.41. The first-order chi connectivity index (χ1) is 20.0. The van der Waals surface area contributed by atoms with Crippen LogP contribution in [0.1, 0.15) is 113 Å². The lowest BCUT2D eigenvalue weighted by Gasteiger charge is -2.72. The normalized spacial score (nSPS) is 44.3. The largest absolute Gasteiger partial charge is 0.481 e. The van der Waals surface area contributed by atoms with Crippen LogP contribution in [-0.4, -0.2) is 16.8 Å². The first-order valence-electron chi connectivity index (χ1n) is 16.7. The molecule has 5 aliphatic rings. The monoisotopic (exact) mass is 648 g/mol. The van der Waals surface area contributed by atoms with E-state index in [1.807, 2.05) is 0 Å². The number of rotatable bonds is 4. The molecule has 2 unspecified atom stereocenters. The van der Waals surface area contributed by atoms with Crippen LogP contribution in [0.2, 0.25) is 15.1 Å². The van der Waals surface area contributed by atoms with E-state index < -0.39 is 11.4 Å². The van der Waals surface area contributed by atoms with E-state index in [0.717, 1.165) is 44.2 Å². The molecule has 6 rings (SSSR count). The van der Waals surface area contributed by atoms with Crippen LogP contribution in [0.4, 0.5) is 5.69 Å². The van der Waals surface area contributed by atoms with E-state index in [1.165, 1.54) is 31.4 Å². The SMILES string of the molecule is CC(C)[C@@H]1CCC2(C(=O)O)CC[C@]3(C)C(CC[C@@H]4[C@@]5(C)CC/C(=N\Nc6cc(Cl)c(Cl)c(Cl)c6)C(C)(C)[C@@H]5CC[C@]43C)[C@@H]12. The highest BCUT2D eigenvalue weighted by Crippen LogP contribution is 2.77. The van der Waals surface area contributed by atoms with Crippen molar-refractivity contribution in [3.63, 3.8) is 0 Å². The highest BCUT2D eigenvalue weighted by Gasteiger charge is 2.72. The van der Waals surface area contributed by atoms with Gasteiger partial charge in [-0.3, -0.25) is 10.2 Å². The van der Waals surface area contributed by atoms with Crippen molar-refractivity contribution in [2.24, 2.45) is 67.7 Å². The highest BCUT2D eigenvalue weighted by molar-refractivity contribution is 6.48. The smallest absolute Gasteiger partial charge is 0.309 e. The second-order valence-corrected chi connectivity index (χ2v) is 17.9. The molecule has 9 atom stereocenters. The summed E-state index contributed by atoms with van der Waals surface area (Å²) < 4.78 is 0. The molecular formula is C36H51Cl3N2O2. The quantitative estimate of drug-likeness (QED) is 0.252. The lowest BCUT2D eigenvalue weighted by Crippen LogP contribution is -2.66. The van der Waals surface area contributed by atoms with E-state index in [4.69, 9.17) is 39.9 Å². The number of hydrogen-bond acceptors (Lipinski definition) is 3. The second kappa shape index (κ2) is 10.5. The van der Waals surface area contributed by atoms with Gasteiger partial charge in [0.05, 0.1) is 26.2 Å². The molecule has 0 aliphatic heterocycles. The van der Waals surface area contributed by atoms with Gasteiger partial charge in [0, 0.05) is 11.1 Å². The molecule has 238 valence electrons. The van der Waals surface area contributed by atoms with Gasteiger partial charge in [0.15, 0.2) is 0 Å². The van der Waals surface area contributed by atoms with Crippen LogP contribution >= 0.6 is 34.8 Å². The third-order valence-electron chi connectivity index (χ3n) is 14.9. The number of halogens is 3. The third-order valence-corrected chi connectivity index (χ3v) is 16.0. The summed E-state index contributed by atoms with van der Waals surface area (Å²) in [6, 6.07) is 3.56. The molecule has 4 nitrogen and oxygen atoms in total. The van der Waals surface area contributed by atoms with Crippen LogP contribution in [0.5, 0.6) is 0 Å².